The number of thioether (sulfide) groups is 1. The minimum atomic E-state index is -0.862. The van der Waals surface area contributed by atoms with Crippen LogP contribution < -0.4 is 4.90 Å². The molecular formula is C14H18N4O2S. The molecule has 0 unspecified atom stereocenters. The van der Waals surface area contributed by atoms with Crippen molar-refractivity contribution in [2.75, 3.05) is 17.7 Å². The summed E-state index contributed by atoms with van der Waals surface area (Å²) in [5.74, 6) is -0.180. The van der Waals surface area contributed by atoms with Crippen molar-refractivity contribution in [1.82, 2.24) is 14.8 Å². The van der Waals surface area contributed by atoms with Crippen molar-refractivity contribution >= 4 is 29.4 Å². The fraction of sp³-hybridized carbons (Fsp3) is 0.357. The second-order valence-electron chi connectivity index (χ2n) is 4.60. The van der Waals surface area contributed by atoms with Crippen LogP contribution in [0, 0.1) is 6.92 Å². The quantitative estimate of drug-likeness (QED) is 0.827. The molecule has 2 aromatic rings. The Morgan fingerprint density at radius 2 is 2.00 bits per heavy atom. The van der Waals surface area contributed by atoms with Gasteiger partial charge in [-0.1, -0.05) is 29.5 Å². The Kier molecular flexibility index (Phi) is 4.85. The number of aryl methyl sites for hydroxylation is 1. The van der Waals surface area contributed by atoms with Gasteiger partial charge in [0.1, 0.15) is 0 Å². The highest BCUT2D eigenvalue weighted by Gasteiger charge is 2.16. The fourth-order valence-corrected chi connectivity index (χ4v) is 2.64. The third kappa shape index (κ3) is 3.55. The van der Waals surface area contributed by atoms with Crippen LogP contribution in [-0.4, -0.2) is 38.6 Å². The molecule has 0 aliphatic heterocycles. The second-order valence-corrected chi connectivity index (χ2v) is 5.55. The summed E-state index contributed by atoms with van der Waals surface area (Å²) in [7, 11) is 1.92. The lowest BCUT2D eigenvalue weighted by Gasteiger charge is -2.19. The molecule has 0 radical (unpaired) electrons. The van der Waals surface area contributed by atoms with E-state index >= 15 is 0 Å². The molecule has 2 rings (SSSR count). The van der Waals surface area contributed by atoms with Crippen LogP contribution in [0.3, 0.4) is 0 Å². The summed E-state index contributed by atoms with van der Waals surface area (Å²) in [4.78, 5) is 12.6. The van der Waals surface area contributed by atoms with Gasteiger partial charge in [0.25, 0.3) is 0 Å². The number of anilines is 2. The van der Waals surface area contributed by atoms with E-state index in [0.29, 0.717) is 17.6 Å². The molecular weight excluding hydrogens is 288 g/mol. The van der Waals surface area contributed by atoms with E-state index in [-0.39, 0.29) is 5.75 Å². The number of hydrogen-bond acceptors (Lipinski definition) is 5. The predicted octanol–water partition coefficient (Wildman–Crippen LogP) is 2.55. The third-order valence-electron chi connectivity index (χ3n) is 3.06. The predicted molar refractivity (Wildman–Crippen MR) is 83.3 cm³/mol. The number of nitrogens with zero attached hydrogens (tertiary/aromatic N) is 4. The zero-order valence-electron chi connectivity index (χ0n) is 12.3. The molecule has 1 aromatic carbocycles. The molecule has 0 bridgehead atoms. The summed E-state index contributed by atoms with van der Waals surface area (Å²) in [5.41, 5.74) is 2.21. The molecule has 0 amide bonds. The molecule has 21 heavy (non-hydrogen) atoms. The van der Waals surface area contributed by atoms with Crippen LogP contribution in [0.4, 0.5) is 11.6 Å². The van der Waals surface area contributed by atoms with Crippen LogP contribution in [0.1, 0.15) is 12.5 Å². The number of carbonyl (C=O) groups is 1. The van der Waals surface area contributed by atoms with E-state index in [0.717, 1.165) is 5.69 Å². The van der Waals surface area contributed by atoms with Gasteiger partial charge in [-0.05, 0) is 26.0 Å². The van der Waals surface area contributed by atoms with Crippen LogP contribution in [0.2, 0.25) is 0 Å². The Bertz CT molecular complexity index is 624. The van der Waals surface area contributed by atoms with Crippen LogP contribution >= 0.6 is 11.8 Å². The Labute approximate surface area is 127 Å². The first-order valence-electron chi connectivity index (χ1n) is 6.61. The average Bonchev–Trinajstić information content (AvgIpc) is 2.88. The molecule has 7 heteroatoms. The number of carboxylic acids is 1. The number of carboxylic acid groups (broad SMARTS) is 1. The lowest BCUT2D eigenvalue weighted by atomic mass is 10.2. The summed E-state index contributed by atoms with van der Waals surface area (Å²) in [6, 6.07) is 8.12. The van der Waals surface area contributed by atoms with Crippen molar-refractivity contribution in [2.45, 2.75) is 25.5 Å². The van der Waals surface area contributed by atoms with E-state index in [1.54, 1.807) is 0 Å². The summed E-state index contributed by atoms with van der Waals surface area (Å²) >= 11 is 1.18. The van der Waals surface area contributed by atoms with Gasteiger partial charge in [0, 0.05) is 19.3 Å². The number of hydrogen-bond donors (Lipinski definition) is 1. The molecule has 1 heterocycles. The summed E-state index contributed by atoms with van der Waals surface area (Å²) in [6.07, 6.45) is 0. The van der Waals surface area contributed by atoms with Gasteiger partial charge in [0.2, 0.25) is 5.95 Å². The maximum Gasteiger partial charge on any atom is 0.313 e. The highest BCUT2D eigenvalue weighted by Crippen LogP contribution is 2.26. The summed E-state index contributed by atoms with van der Waals surface area (Å²) < 4.78 is 1.91. The van der Waals surface area contributed by atoms with Crippen molar-refractivity contribution < 1.29 is 9.90 Å². The molecule has 0 aliphatic carbocycles. The standard InChI is InChI=1S/C14H18N4O2S/c1-4-18-13(15-16-14(18)21-9-12(19)20)17(3)11-7-5-10(2)6-8-11/h5-8H,4,9H2,1-3H3,(H,19,20). The lowest BCUT2D eigenvalue weighted by Crippen LogP contribution is -2.15. The topological polar surface area (TPSA) is 71.2 Å². The van der Waals surface area contributed by atoms with Gasteiger partial charge < -0.3 is 10.0 Å². The van der Waals surface area contributed by atoms with E-state index < -0.39 is 5.97 Å². The maximum absolute atomic E-state index is 10.7. The lowest BCUT2D eigenvalue weighted by molar-refractivity contribution is -0.133. The molecule has 0 spiro atoms. The van der Waals surface area contributed by atoms with E-state index in [1.807, 2.05) is 54.6 Å². The zero-order valence-corrected chi connectivity index (χ0v) is 13.1. The van der Waals surface area contributed by atoms with Gasteiger partial charge in [-0.15, -0.1) is 10.2 Å². The van der Waals surface area contributed by atoms with Gasteiger partial charge in [-0.3, -0.25) is 9.36 Å². The molecule has 0 saturated heterocycles. The van der Waals surface area contributed by atoms with Crippen molar-refractivity contribution in [2.24, 2.45) is 0 Å². The number of aliphatic carboxylic acids is 1. The molecule has 112 valence electrons. The van der Waals surface area contributed by atoms with Gasteiger partial charge in [-0.25, -0.2) is 0 Å². The van der Waals surface area contributed by atoms with Gasteiger partial charge in [0.15, 0.2) is 5.16 Å². The van der Waals surface area contributed by atoms with Crippen LogP contribution in [0.25, 0.3) is 0 Å². The number of rotatable bonds is 6. The van der Waals surface area contributed by atoms with Crippen molar-refractivity contribution in [3.63, 3.8) is 0 Å². The van der Waals surface area contributed by atoms with Crippen molar-refractivity contribution in [1.29, 1.82) is 0 Å². The molecule has 0 aliphatic rings. The van der Waals surface area contributed by atoms with E-state index in [1.165, 1.54) is 17.3 Å². The minimum absolute atomic E-state index is 0.0214. The highest BCUT2D eigenvalue weighted by atomic mass is 32.2. The first-order chi connectivity index (χ1) is 10.0. The van der Waals surface area contributed by atoms with Gasteiger partial charge >= 0.3 is 5.97 Å². The second kappa shape index (κ2) is 6.62. The normalized spacial score (nSPS) is 10.6. The molecule has 1 aromatic heterocycles. The van der Waals surface area contributed by atoms with Crippen LogP contribution in [0.5, 0.6) is 0 Å². The Morgan fingerprint density at radius 3 is 2.57 bits per heavy atom. The van der Waals surface area contributed by atoms with Crippen LogP contribution in [0.15, 0.2) is 29.4 Å². The van der Waals surface area contributed by atoms with E-state index in [9.17, 15) is 4.79 Å². The summed E-state index contributed by atoms with van der Waals surface area (Å²) in [5, 5.41) is 17.7. The molecule has 0 saturated carbocycles. The average molecular weight is 306 g/mol. The first kappa shape index (κ1) is 15.4. The smallest absolute Gasteiger partial charge is 0.313 e. The molecule has 1 N–H and O–H groups in total. The minimum Gasteiger partial charge on any atom is -0.481 e. The third-order valence-corrected chi connectivity index (χ3v) is 4.01. The zero-order chi connectivity index (χ0) is 15.4. The van der Waals surface area contributed by atoms with Gasteiger partial charge in [-0.2, -0.15) is 0 Å². The first-order valence-corrected chi connectivity index (χ1v) is 7.59. The van der Waals surface area contributed by atoms with Crippen molar-refractivity contribution in [3.8, 4) is 0 Å². The molecule has 6 nitrogen and oxygen atoms in total. The van der Waals surface area contributed by atoms with E-state index in [2.05, 4.69) is 10.2 Å². The van der Waals surface area contributed by atoms with Crippen LogP contribution in [-0.2, 0) is 11.3 Å². The highest BCUT2D eigenvalue weighted by molar-refractivity contribution is 7.99. The molecule has 0 atom stereocenters. The Hall–Kier alpha value is -2.02. The maximum atomic E-state index is 10.7. The number of aromatic nitrogens is 3. The number of benzene rings is 1. The van der Waals surface area contributed by atoms with Gasteiger partial charge in [0.05, 0.1) is 5.75 Å². The van der Waals surface area contributed by atoms with Crippen molar-refractivity contribution in [3.05, 3.63) is 29.8 Å². The summed E-state index contributed by atoms with van der Waals surface area (Å²) in [6.45, 7) is 4.71. The van der Waals surface area contributed by atoms with E-state index in [4.69, 9.17) is 5.11 Å². The monoisotopic (exact) mass is 306 g/mol. The fourth-order valence-electron chi connectivity index (χ4n) is 1.92. The SMILES string of the molecule is CCn1c(SCC(=O)O)nnc1N(C)c1ccc(C)cc1. The molecule has 0 fully saturated rings. The Balaban J connectivity index is 2.26. The Morgan fingerprint density at radius 1 is 1.33 bits per heavy atom. The largest absolute Gasteiger partial charge is 0.481 e.